The molecule has 0 saturated carbocycles. The number of hydrogen-bond donors (Lipinski definition) is 2. The van der Waals surface area contributed by atoms with E-state index >= 15 is 0 Å². The molecule has 0 fully saturated rings. The number of benzene rings is 1. The monoisotopic (exact) mass is 386 g/mol. The van der Waals surface area contributed by atoms with Crippen molar-refractivity contribution in [1.29, 1.82) is 0 Å². The smallest absolute Gasteiger partial charge is 0.234 e. The molecular formula is C13H15BrN4OS2. The molecule has 0 atom stereocenters. The summed E-state index contributed by atoms with van der Waals surface area (Å²) in [5.41, 5.74) is 0.769. The summed E-state index contributed by atoms with van der Waals surface area (Å²) in [4.78, 5) is 11.9. The van der Waals surface area contributed by atoms with E-state index in [-0.39, 0.29) is 5.91 Å². The lowest BCUT2D eigenvalue weighted by molar-refractivity contribution is -0.113. The minimum atomic E-state index is -0.0647. The predicted molar refractivity (Wildman–Crippen MR) is 92.2 cm³/mol. The van der Waals surface area contributed by atoms with Gasteiger partial charge in [-0.25, -0.2) is 0 Å². The van der Waals surface area contributed by atoms with Gasteiger partial charge in [-0.05, 0) is 34.5 Å². The summed E-state index contributed by atoms with van der Waals surface area (Å²) in [7, 11) is 0. The molecule has 2 N–H and O–H groups in total. The molecule has 1 aromatic carbocycles. The van der Waals surface area contributed by atoms with Gasteiger partial charge >= 0.3 is 0 Å². The van der Waals surface area contributed by atoms with Crippen LogP contribution >= 0.6 is 39.0 Å². The van der Waals surface area contributed by atoms with Crippen LogP contribution in [0.5, 0.6) is 0 Å². The van der Waals surface area contributed by atoms with Gasteiger partial charge in [0, 0.05) is 11.0 Å². The van der Waals surface area contributed by atoms with Gasteiger partial charge < -0.3 is 10.6 Å². The van der Waals surface area contributed by atoms with Gasteiger partial charge in [-0.1, -0.05) is 42.2 Å². The standard InChI is InChI=1S/C13H15BrN4OS2/c1-2-7-15-12-17-18-13(21-12)20-8-11(19)16-10-6-4-3-5-9(10)14/h3-6H,2,7-8H2,1H3,(H,15,17)(H,16,19). The summed E-state index contributed by atoms with van der Waals surface area (Å²) >= 11 is 6.25. The van der Waals surface area contributed by atoms with E-state index in [4.69, 9.17) is 0 Å². The van der Waals surface area contributed by atoms with Crippen molar-refractivity contribution in [3.05, 3.63) is 28.7 Å². The minimum absolute atomic E-state index is 0.0647. The van der Waals surface area contributed by atoms with Crippen LogP contribution in [0, 0.1) is 0 Å². The number of para-hydroxylation sites is 1. The zero-order chi connectivity index (χ0) is 15.1. The third-order valence-corrected chi connectivity index (χ3v) is 5.11. The van der Waals surface area contributed by atoms with Gasteiger partial charge in [0.25, 0.3) is 0 Å². The number of carbonyl (C=O) groups is 1. The molecule has 1 aromatic heterocycles. The first kappa shape index (κ1) is 16.3. The fraction of sp³-hybridized carbons (Fsp3) is 0.308. The molecule has 0 unspecified atom stereocenters. The number of halogens is 1. The highest BCUT2D eigenvalue weighted by Gasteiger charge is 2.09. The van der Waals surface area contributed by atoms with Crippen molar-refractivity contribution in [2.45, 2.75) is 17.7 Å². The SMILES string of the molecule is CCCNc1nnc(SCC(=O)Nc2ccccc2Br)s1. The molecule has 2 aromatic rings. The number of nitrogens with one attached hydrogen (secondary N) is 2. The Hall–Kier alpha value is -1.12. The summed E-state index contributed by atoms with van der Waals surface area (Å²) in [6, 6.07) is 7.52. The lowest BCUT2D eigenvalue weighted by Crippen LogP contribution is -2.14. The van der Waals surface area contributed by atoms with E-state index in [9.17, 15) is 4.79 Å². The largest absolute Gasteiger partial charge is 0.360 e. The number of rotatable bonds is 7. The van der Waals surface area contributed by atoms with E-state index < -0.39 is 0 Å². The fourth-order valence-corrected chi connectivity index (χ4v) is 3.41. The third-order valence-electron chi connectivity index (χ3n) is 2.41. The fourth-order valence-electron chi connectivity index (χ4n) is 1.45. The van der Waals surface area contributed by atoms with Crippen molar-refractivity contribution >= 4 is 55.8 Å². The Morgan fingerprint density at radius 1 is 1.38 bits per heavy atom. The van der Waals surface area contributed by atoms with Gasteiger partial charge in [-0.3, -0.25) is 4.79 Å². The second-order valence-corrected chi connectivity index (χ2v) is 7.17. The van der Waals surface area contributed by atoms with Crippen molar-refractivity contribution in [3.8, 4) is 0 Å². The van der Waals surface area contributed by atoms with Crippen molar-refractivity contribution < 1.29 is 4.79 Å². The van der Waals surface area contributed by atoms with Crippen LogP contribution in [-0.4, -0.2) is 28.4 Å². The highest BCUT2D eigenvalue weighted by molar-refractivity contribution is 9.10. The zero-order valence-electron chi connectivity index (χ0n) is 11.4. The number of amides is 1. The molecule has 0 aliphatic heterocycles. The van der Waals surface area contributed by atoms with E-state index in [1.807, 2.05) is 24.3 Å². The maximum absolute atomic E-state index is 11.9. The Labute approximate surface area is 140 Å². The normalized spacial score (nSPS) is 10.4. The number of anilines is 2. The molecule has 5 nitrogen and oxygen atoms in total. The second-order valence-electron chi connectivity index (χ2n) is 4.12. The molecule has 0 radical (unpaired) electrons. The Morgan fingerprint density at radius 3 is 2.95 bits per heavy atom. The van der Waals surface area contributed by atoms with Crippen LogP contribution in [0.4, 0.5) is 10.8 Å². The first-order chi connectivity index (χ1) is 10.2. The molecule has 1 amide bonds. The second kappa shape index (κ2) is 8.35. The zero-order valence-corrected chi connectivity index (χ0v) is 14.6. The molecule has 0 saturated heterocycles. The van der Waals surface area contributed by atoms with Crippen molar-refractivity contribution in [2.24, 2.45) is 0 Å². The highest BCUT2D eigenvalue weighted by Crippen LogP contribution is 2.26. The van der Waals surface area contributed by atoms with Crippen LogP contribution in [0.25, 0.3) is 0 Å². The minimum Gasteiger partial charge on any atom is -0.360 e. The van der Waals surface area contributed by atoms with Crippen molar-refractivity contribution in [1.82, 2.24) is 10.2 Å². The molecule has 112 valence electrons. The van der Waals surface area contributed by atoms with Gasteiger partial charge in [-0.2, -0.15) is 0 Å². The van der Waals surface area contributed by atoms with Crippen LogP contribution in [-0.2, 0) is 4.79 Å². The number of hydrogen-bond acceptors (Lipinski definition) is 6. The van der Waals surface area contributed by atoms with Gasteiger partial charge in [0.15, 0.2) is 4.34 Å². The average Bonchev–Trinajstić information content (AvgIpc) is 2.93. The first-order valence-electron chi connectivity index (χ1n) is 6.43. The van der Waals surface area contributed by atoms with E-state index in [2.05, 4.69) is 43.7 Å². The van der Waals surface area contributed by atoms with E-state index in [1.54, 1.807) is 0 Å². The van der Waals surface area contributed by atoms with Crippen molar-refractivity contribution in [3.63, 3.8) is 0 Å². The summed E-state index contributed by atoms with van der Waals surface area (Å²) in [5, 5.41) is 14.9. The van der Waals surface area contributed by atoms with Gasteiger partial charge in [-0.15, -0.1) is 10.2 Å². The molecule has 8 heteroatoms. The Morgan fingerprint density at radius 2 is 2.19 bits per heavy atom. The van der Waals surface area contributed by atoms with E-state index in [1.165, 1.54) is 23.1 Å². The maximum Gasteiger partial charge on any atom is 0.234 e. The van der Waals surface area contributed by atoms with Crippen LogP contribution in [0.15, 0.2) is 33.1 Å². The van der Waals surface area contributed by atoms with Gasteiger partial charge in [0.2, 0.25) is 11.0 Å². The molecule has 21 heavy (non-hydrogen) atoms. The first-order valence-corrected chi connectivity index (χ1v) is 9.03. The quantitative estimate of drug-likeness (QED) is 0.707. The summed E-state index contributed by atoms with van der Waals surface area (Å²) in [5.74, 6) is 0.245. The molecule has 1 heterocycles. The highest BCUT2D eigenvalue weighted by atomic mass is 79.9. The lowest BCUT2D eigenvalue weighted by Gasteiger charge is -2.05. The van der Waals surface area contributed by atoms with Gasteiger partial charge in [0.05, 0.1) is 11.4 Å². The number of carbonyl (C=O) groups excluding carboxylic acids is 1. The van der Waals surface area contributed by atoms with E-state index in [0.29, 0.717) is 5.75 Å². The Kier molecular flexibility index (Phi) is 6.47. The summed E-state index contributed by atoms with van der Waals surface area (Å²) in [6.07, 6.45) is 1.04. The van der Waals surface area contributed by atoms with Crippen LogP contribution in [0.1, 0.15) is 13.3 Å². The third kappa shape index (κ3) is 5.29. The lowest BCUT2D eigenvalue weighted by atomic mass is 10.3. The maximum atomic E-state index is 11.9. The molecule has 0 bridgehead atoms. The predicted octanol–water partition coefficient (Wildman–Crippen LogP) is 3.85. The topological polar surface area (TPSA) is 66.9 Å². The molecule has 2 rings (SSSR count). The number of thioether (sulfide) groups is 1. The van der Waals surface area contributed by atoms with Crippen LogP contribution < -0.4 is 10.6 Å². The average molecular weight is 387 g/mol. The molecule has 0 aliphatic carbocycles. The number of aromatic nitrogens is 2. The van der Waals surface area contributed by atoms with Gasteiger partial charge in [0.1, 0.15) is 0 Å². The molecule has 0 aliphatic rings. The van der Waals surface area contributed by atoms with Crippen molar-refractivity contribution in [2.75, 3.05) is 22.9 Å². The molecule has 0 spiro atoms. The summed E-state index contributed by atoms with van der Waals surface area (Å²) in [6.45, 7) is 2.97. The Bertz CT molecular complexity index is 605. The van der Waals surface area contributed by atoms with Crippen LogP contribution in [0.3, 0.4) is 0 Å². The van der Waals surface area contributed by atoms with E-state index in [0.717, 1.165) is 32.6 Å². The Balaban J connectivity index is 1.81. The summed E-state index contributed by atoms with van der Waals surface area (Å²) < 4.78 is 1.65. The van der Waals surface area contributed by atoms with Crippen LogP contribution in [0.2, 0.25) is 0 Å². The number of nitrogens with zero attached hydrogens (tertiary/aromatic N) is 2. The molecular weight excluding hydrogens is 372 g/mol.